The second-order valence-electron chi connectivity index (χ2n) is 5.75. The summed E-state index contributed by atoms with van der Waals surface area (Å²) in [6.45, 7) is 0.525. The summed E-state index contributed by atoms with van der Waals surface area (Å²) >= 11 is 0. The Morgan fingerprint density at radius 3 is 2.83 bits per heavy atom. The van der Waals surface area contributed by atoms with Crippen molar-refractivity contribution in [2.24, 2.45) is 0 Å². The molecule has 2 N–H and O–H groups in total. The van der Waals surface area contributed by atoms with Crippen LogP contribution in [0.15, 0.2) is 29.8 Å². The third kappa shape index (κ3) is 5.37. The summed E-state index contributed by atoms with van der Waals surface area (Å²) in [5.41, 5.74) is 1.72. The van der Waals surface area contributed by atoms with Gasteiger partial charge in [0.25, 0.3) is 0 Å². The summed E-state index contributed by atoms with van der Waals surface area (Å²) in [5.74, 6) is -1.29. The summed E-state index contributed by atoms with van der Waals surface area (Å²) in [7, 11) is 1.26. The quantitative estimate of drug-likeness (QED) is 0.594. The Bertz CT molecular complexity index is 629. The Balaban J connectivity index is 1.78. The van der Waals surface area contributed by atoms with Crippen LogP contribution in [0.25, 0.3) is 0 Å². The van der Waals surface area contributed by atoms with Gasteiger partial charge in [0.15, 0.2) is 0 Å². The number of amides is 1. The molecule has 6 heteroatoms. The first-order valence-electron chi connectivity index (χ1n) is 8.16. The zero-order valence-corrected chi connectivity index (χ0v) is 13.9. The van der Waals surface area contributed by atoms with Crippen molar-refractivity contribution < 1.29 is 18.7 Å². The van der Waals surface area contributed by atoms with Gasteiger partial charge in [-0.05, 0) is 50.3 Å². The van der Waals surface area contributed by atoms with E-state index >= 15 is 0 Å². The fourth-order valence-electron chi connectivity index (χ4n) is 2.64. The van der Waals surface area contributed by atoms with Gasteiger partial charge in [-0.15, -0.1) is 0 Å². The molecule has 0 spiro atoms. The lowest BCUT2D eigenvalue weighted by Crippen LogP contribution is -2.31. The second-order valence-corrected chi connectivity index (χ2v) is 5.75. The summed E-state index contributed by atoms with van der Waals surface area (Å²) in [6.07, 6.45) is 7.81. The number of rotatable bonds is 7. The van der Waals surface area contributed by atoms with Crippen molar-refractivity contribution in [3.8, 4) is 0 Å². The number of carbonyl (C=O) groups is 2. The van der Waals surface area contributed by atoms with Crippen molar-refractivity contribution in [3.05, 3.63) is 41.2 Å². The molecule has 5 nitrogen and oxygen atoms in total. The maximum atomic E-state index is 13.7. The average Bonchev–Trinajstić information content (AvgIpc) is 2.61. The molecule has 0 aromatic heterocycles. The molecule has 1 aliphatic carbocycles. The molecule has 0 bridgehead atoms. The highest BCUT2D eigenvalue weighted by molar-refractivity contribution is 5.90. The van der Waals surface area contributed by atoms with E-state index in [1.807, 2.05) is 0 Å². The van der Waals surface area contributed by atoms with E-state index in [0.29, 0.717) is 6.54 Å². The van der Waals surface area contributed by atoms with Gasteiger partial charge in [-0.3, -0.25) is 4.79 Å². The summed E-state index contributed by atoms with van der Waals surface area (Å²) in [5, 5.41) is 5.52. The van der Waals surface area contributed by atoms with E-state index in [9.17, 15) is 14.0 Å². The van der Waals surface area contributed by atoms with Crippen LogP contribution in [-0.2, 0) is 9.53 Å². The van der Waals surface area contributed by atoms with E-state index in [-0.39, 0.29) is 23.7 Å². The molecule has 1 amide bonds. The van der Waals surface area contributed by atoms with Crippen LogP contribution in [0, 0.1) is 5.82 Å². The Morgan fingerprint density at radius 2 is 2.12 bits per heavy atom. The highest BCUT2D eigenvalue weighted by Gasteiger charge is 2.11. The van der Waals surface area contributed by atoms with Crippen molar-refractivity contribution >= 4 is 17.6 Å². The minimum Gasteiger partial charge on any atom is -0.465 e. The number of ether oxygens (including phenoxy) is 1. The molecular weight excluding hydrogens is 311 g/mol. The molecular formula is C18H23FN2O3. The molecule has 1 aromatic rings. The van der Waals surface area contributed by atoms with Crippen molar-refractivity contribution in [1.29, 1.82) is 0 Å². The van der Waals surface area contributed by atoms with Crippen molar-refractivity contribution in [2.75, 3.05) is 25.5 Å². The number of hydrogen-bond donors (Lipinski definition) is 2. The van der Waals surface area contributed by atoms with E-state index in [1.165, 1.54) is 43.7 Å². The van der Waals surface area contributed by atoms with Crippen molar-refractivity contribution in [3.63, 3.8) is 0 Å². The van der Waals surface area contributed by atoms with Crippen LogP contribution in [0.1, 0.15) is 42.5 Å². The lowest BCUT2D eigenvalue weighted by molar-refractivity contribution is -0.119. The van der Waals surface area contributed by atoms with Gasteiger partial charge >= 0.3 is 5.97 Å². The second kappa shape index (κ2) is 9.05. The highest BCUT2D eigenvalue weighted by Crippen LogP contribution is 2.19. The molecule has 0 saturated carbocycles. The minimum atomic E-state index is -0.553. The van der Waals surface area contributed by atoms with Crippen LogP contribution in [0.4, 0.5) is 10.1 Å². The molecule has 0 aliphatic heterocycles. The molecule has 1 aromatic carbocycles. The van der Waals surface area contributed by atoms with Gasteiger partial charge in [0.1, 0.15) is 5.82 Å². The monoisotopic (exact) mass is 334 g/mol. The van der Waals surface area contributed by atoms with Gasteiger partial charge in [0.05, 0.1) is 24.9 Å². The number of hydrogen-bond acceptors (Lipinski definition) is 4. The molecule has 0 fully saturated rings. The first kappa shape index (κ1) is 18.0. The number of allylic oxidation sites excluding steroid dienone is 1. The number of anilines is 1. The molecule has 0 atom stereocenters. The lowest BCUT2D eigenvalue weighted by Gasteiger charge is -2.13. The molecule has 2 rings (SSSR count). The van der Waals surface area contributed by atoms with Gasteiger partial charge < -0.3 is 15.4 Å². The van der Waals surface area contributed by atoms with Gasteiger partial charge in [0.2, 0.25) is 5.91 Å². The molecule has 130 valence electrons. The van der Waals surface area contributed by atoms with Crippen LogP contribution in [0.3, 0.4) is 0 Å². The maximum absolute atomic E-state index is 13.7. The van der Waals surface area contributed by atoms with E-state index in [0.717, 1.165) is 19.3 Å². The Kier molecular flexibility index (Phi) is 6.78. The number of carbonyl (C=O) groups excluding carboxylic acids is 2. The number of halogens is 1. The third-order valence-corrected chi connectivity index (χ3v) is 3.98. The summed E-state index contributed by atoms with van der Waals surface area (Å²) < 4.78 is 18.3. The molecule has 0 heterocycles. The van der Waals surface area contributed by atoms with Crippen LogP contribution in [0.5, 0.6) is 0 Å². The fraction of sp³-hybridized carbons (Fsp3) is 0.444. The minimum absolute atomic E-state index is 0.0550. The zero-order valence-electron chi connectivity index (χ0n) is 13.9. The number of nitrogens with one attached hydrogen (secondary N) is 2. The van der Waals surface area contributed by atoms with Crippen LogP contribution in [-0.4, -0.2) is 32.1 Å². The average molecular weight is 334 g/mol. The maximum Gasteiger partial charge on any atom is 0.337 e. The van der Waals surface area contributed by atoms with Crippen molar-refractivity contribution in [2.45, 2.75) is 32.1 Å². The number of benzene rings is 1. The fourth-order valence-corrected chi connectivity index (χ4v) is 2.64. The van der Waals surface area contributed by atoms with Gasteiger partial charge in [-0.25, -0.2) is 9.18 Å². The number of methoxy groups -OCH3 is 1. The van der Waals surface area contributed by atoms with Crippen LogP contribution < -0.4 is 10.6 Å². The topological polar surface area (TPSA) is 67.4 Å². The van der Waals surface area contributed by atoms with Gasteiger partial charge in [-0.2, -0.15) is 0 Å². The summed E-state index contributed by atoms with van der Waals surface area (Å²) in [4.78, 5) is 23.3. The van der Waals surface area contributed by atoms with Gasteiger partial charge in [0, 0.05) is 6.54 Å². The summed E-state index contributed by atoms with van der Waals surface area (Å²) in [6, 6.07) is 3.84. The van der Waals surface area contributed by atoms with E-state index in [4.69, 9.17) is 0 Å². The SMILES string of the molecule is COC(=O)c1ccc(F)c(NCC(=O)NCCC2=CCCCC2)c1. The molecule has 0 saturated heterocycles. The first-order chi connectivity index (χ1) is 11.6. The van der Waals surface area contributed by atoms with E-state index < -0.39 is 11.8 Å². The highest BCUT2D eigenvalue weighted by atomic mass is 19.1. The predicted octanol–water partition coefficient (Wildman–Crippen LogP) is 3.03. The largest absolute Gasteiger partial charge is 0.465 e. The standard InChI is InChI=1S/C18H23FN2O3/c1-24-18(23)14-7-8-15(19)16(11-14)21-12-17(22)20-10-9-13-5-3-2-4-6-13/h5,7-8,11,21H,2-4,6,9-10,12H2,1H3,(H,20,22). The van der Waals surface area contributed by atoms with Gasteiger partial charge in [-0.1, -0.05) is 11.6 Å². The smallest absolute Gasteiger partial charge is 0.337 e. The zero-order chi connectivity index (χ0) is 17.4. The van der Waals surface area contributed by atoms with Crippen LogP contribution in [0.2, 0.25) is 0 Å². The molecule has 24 heavy (non-hydrogen) atoms. The third-order valence-electron chi connectivity index (χ3n) is 3.98. The Labute approximate surface area is 141 Å². The molecule has 0 radical (unpaired) electrons. The molecule has 1 aliphatic rings. The lowest BCUT2D eigenvalue weighted by atomic mass is 9.97. The first-order valence-corrected chi connectivity index (χ1v) is 8.16. The van der Waals surface area contributed by atoms with E-state index in [2.05, 4.69) is 21.4 Å². The Hall–Kier alpha value is -2.37. The van der Waals surface area contributed by atoms with Crippen molar-refractivity contribution in [1.82, 2.24) is 5.32 Å². The van der Waals surface area contributed by atoms with Crippen LogP contribution >= 0.6 is 0 Å². The number of esters is 1. The predicted molar refractivity (Wildman–Crippen MR) is 90.4 cm³/mol. The normalized spacial score (nSPS) is 13.8. The Morgan fingerprint density at radius 1 is 1.29 bits per heavy atom. The molecule has 0 unspecified atom stereocenters. The van der Waals surface area contributed by atoms with E-state index in [1.54, 1.807) is 0 Å².